The van der Waals surface area contributed by atoms with E-state index in [9.17, 15) is 14.7 Å². The number of carbonyl (C=O) groups excluding carboxylic acids is 1. The molecule has 0 unspecified atom stereocenters. The fourth-order valence-electron chi connectivity index (χ4n) is 4.18. The van der Waals surface area contributed by atoms with Gasteiger partial charge in [0.25, 0.3) is 0 Å². The number of benzene rings is 1. The van der Waals surface area contributed by atoms with E-state index in [1.165, 1.54) is 0 Å². The average molecular weight is 376 g/mol. The molecule has 1 aromatic rings. The van der Waals surface area contributed by atoms with Crippen molar-refractivity contribution < 1.29 is 24.2 Å². The molecule has 0 bridgehead atoms. The Balaban J connectivity index is 1.46. The minimum atomic E-state index is -0.763. The first kappa shape index (κ1) is 19.5. The van der Waals surface area contributed by atoms with Crippen molar-refractivity contribution in [2.75, 3.05) is 33.4 Å². The average Bonchev–Trinajstić information content (AvgIpc) is 3.23. The second kappa shape index (κ2) is 8.61. The Labute approximate surface area is 159 Å². The first-order valence-corrected chi connectivity index (χ1v) is 9.52. The molecular weight excluding hydrogens is 348 g/mol. The van der Waals surface area contributed by atoms with Gasteiger partial charge in [-0.25, -0.2) is 4.79 Å². The lowest BCUT2D eigenvalue weighted by molar-refractivity contribution is -0.149. The number of methoxy groups -OCH3 is 1. The summed E-state index contributed by atoms with van der Waals surface area (Å²) in [4.78, 5) is 25.8. The molecule has 1 saturated carbocycles. The Morgan fingerprint density at radius 3 is 2.74 bits per heavy atom. The Kier molecular flexibility index (Phi) is 6.21. The van der Waals surface area contributed by atoms with Gasteiger partial charge in [-0.2, -0.15) is 0 Å². The second-order valence-corrected chi connectivity index (χ2v) is 7.43. The largest absolute Gasteiger partial charge is 0.494 e. The molecule has 1 heterocycles. The number of rotatable bonds is 8. The summed E-state index contributed by atoms with van der Waals surface area (Å²) in [7, 11) is 1.67. The van der Waals surface area contributed by atoms with Gasteiger partial charge in [-0.3, -0.25) is 4.79 Å². The summed E-state index contributed by atoms with van der Waals surface area (Å²) in [5.41, 5.74) is 0.235. The third-order valence-corrected chi connectivity index (χ3v) is 5.71. The first-order chi connectivity index (χ1) is 13.0. The van der Waals surface area contributed by atoms with Gasteiger partial charge >= 0.3 is 12.0 Å². The molecule has 1 aromatic carbocycles. The second-order valence-electron chi connectivity index (χ2n) is 7.43. The van der Waals surface area contributed by atoms with Crippen LogP contribution in [0.2, 0.25) is 0 Å². The van der Waals surface area contributed by atoms with E-state index < -0.39 is 11.4 Å². The normalized spacial score (nSPS) is 23.9. The molecule has 0 spiro atoms. The molecule has 0 aromatic heterocycles. The Morgan fingerprint density at radius 2 is 2.07 bits per heavy atom. The molecule has 7 nitrogen and oxygen atoms in total. The van der Waals surface area contributed by atoms with E-state index in [0.29, 0.717) is 39.3 Å². The fraction of sp³-hybridized carbons (Fsp3) is 0.600. The molecule has 2 fully saturated rings. The summed E-state index contributed by atoms with van der Waals surface area (Å²) in [6, 6.07) is 7.42. The maximum absolute atomic E-state index is 12.5. The first-order valence-electron chi connectivity index (χ1n) is 9.52. The standard InChI is InChI=1S/C20H28N2O5/c1-26-10-3-11-27-17-7-5-15(6-8-17)12-21-19(25)22-13-16-4-2-9-20(16,14-22)18(23)24/h5-8,16H,2-4,9-14H2,1H3,(H,21,25)(H,23,24)/t16-,20+/m0/s1. The number of ether oxygens (including phenoxy) is 2. The zero-order valence-corrected chi connectivity index (χ0v) is 15.8. The number of nitrogens with one attached hydrogen (secondary N) is 1. The van der Waals surface area contributed by atoms with Crippen LogP contribution in [0, 0.1) is 11.3 Å². The number of carboxylic acid groups (broad SMARTS) is 1. The lowest BCUT2D eigenvalue weighted by atomic mass is 9.81. The van der Waals surface area contributed by atoms with Gasteiger partial charge in [-0.05, 0) is 36.5 Å². The van der Waals surface area contributed by atoms with Gasteiger partial charge in [0, 0.05) is 39.8 Å². The van der Waals surface area contributed by atoms with E-state index in [1.807, 2.05) is 24.3 Å². The molecule has 3 rings (SSSR count). The summed E-state index contributed by atoms with van der Waals surface area (Å²) in [6.45, 7) is 2.53. The van der Waals surface area contributed by atoms with E-state index in [0.717, 1.165) is 30.6 Å². The lowest BCUT2D eigenvalue weighted by Gasteiger charge is -2.23. The van der Waals surface area contributed by atoms with Gasteiger partial charge in [0.15, 0.2) is 0 Å². The van der Waals surface area contributed by atoms with E-state index in [-0.39, 0.29) is 11.9 Å². The van der Waals surface area contributed by atoms with Crippen LogP contribution in [0.15, 0.2) is 24.3 Å². The molecule has 7 heteroatoms. The van der Waals surface area contributed by atoms with Crippen molar-refractivity contribution in [3.8, 4) is 5.75 Å². The Morgan fingerprint density at radius 1 is 1.30 bits per heavy atom. The van der Waals surface area contributed by atoms with Crippen LogP contribution in [0.3, 0.4) is 0 Å². The van der Waals surface area contributed by atoms with Gasteiger partial charge in [-0.1, -0.05) is 18.6 Å². The highest BCUT2D eigenvalue weighted by Gasteiger charge is 2.55. The maximum Gasteiger partial charge on any atom is 0.317 e. The van der Waals surface area contributed by atoms with Crippen LogP contribution in [-0.2, 0) is 16.1 Å². The number of carbonyl (C=O) groups is 2. The maximum atomic E-state index is 12.5. The zero-order valence-electron chi connectivity index (χ0n) is 15.8. The van der Waals surface area contributed by atoms with Gasteiger partial charge < -0.3 is 24.8 Å². The molecule has 148 valence electrons. The monoisotopic (exact) mass is 376 g/mol. The van der Waals surface area contributed by atoms with E-state index in [4.69, 9.17) is 9.47 Å². The van der Waals surface area contributed by atoms with E-state index in [1.54, 1.807) is 12.0 Å². The van der Waals surface area contributed by atoms with Crippen LogP contribution >= 0.6 is 0 Å². The van der Waals surface area contributed by atoms with Crippen LogP contribution in [0.5, 0.6) is 5.75 Å². The fourth-order valence-corrected chi connectivity index (χ4v) is 4.18. The molecule has 2 amide bonds. The summed E-state index contributed by atoms with van der Waals surface area (Å²) >= 11 is 0. The molecule has 1 aliphatic heterocycles. The number of aliphatic carboxylic acids is 1. The molecule has 1 saturated heterocycles. The number of urea groups is 1. The third kappa shape index (κ3) is 4.35. The highest BCUT2D eigenvalue weighted by molar-refractivity contribution is 5.80. The molecule has 0 radical (unpaired) electrons. The minimum absolute atomic E-state index is 0.0790. The Hall–Kier alpha value is -2.28. The highest BCUT2D eigenvalue weighted by atomic mass is 16.5. The topological polar surface area (TPSA) is 88.1 Å². The minimum Gasteiger partial charge on any atom is -0.494 e. The predicted octanol–water partition coefficient (Wildman–Crippen LogP) is 2.50. The van der Waals surface area contributed by atoms with Gasteiger partial charge in [0.1, 0.15) is 5.75 Å². The molecule has 2 aliphatic rings. The number of amides is 2. The zero-order chi connectivity index (χ0) is 19.3. The van der Waals surface area contributed by atoms with Gasteiger partial charge in [-0.15, -0.1) is 0 Å². The SMILES string of the molecule is COCCCOc1ccc(CNC(=O)N2C[C@@H]3CCC[C@@]3(C(=O)O)C2)cc1. The quantitative estimate of drug-likeness (QED) is 0.681. The van der Waals surface area contributed by atoms with Crippen LogP contribution in [0.4, 0.5) is 4.79 Å². The number of likely N-dealkylation sites (tertiary alicyclic amines) is 1. The van der Waals surface area contributed by atoms with Gasteiger partial charge in [0.2, 0.25) is 0 Å². The molecule has 27 heavy (non-hydrogen) atoms. The Bertz CT molecular complexity index is 663. The van der Waals surface area contributed by atoms with Crippen LogP contribution in [-0.4, -0.2) is 55.4 Å². The number of hydrogen-bond acceptors (Lipinski definition) is 4. The van der Waals surface area contributed by atoms with E-state index >= 15 is 0 Å². The molecule has 1 aliphatic carbocycles. The molecule has 2 atom stereocenters. The van der Waals surface area contributed by atoms with Crippen LogP contribution in [0.1, 0.15) is 31.2 Å². The third-order valence-electron chi connectivity index (χ3n) is 5.71. The molecular formula is C20H28N2O5. The van der Waals surface area contributed by atoms with Crippen molar-refractivity contribution in [2.45, 2.75) is 32.2 Å². The number of nitrogens with zero attached hydrogens (tertiary/aromatic N) is 1. The highest BCUT2D eigenvalue weighted by Crippen LogP contribution is 2.48. The van der Waals surface area contributed by atoms with Crippen molar-refractivity contribution in [3.63, 3.8) is 0 Å². The van der Waals surface area contributed by atoms with Crippen molar-refractivity contribution >= 4 is 12.0 Å². The predicted molar refractivity (Wildman–Crippen MR) is 99.6 cm³/mol. The van der Waals surface area contributed by atoms with Crippen LogP contribution < -0.4 is 10.1 Å². The summed E-state index contributed by atoms with van der Waals surface area (Å²) in [5, 5.41) is 12.5. The van der Waals surface area contributed by atoms with Crippen molar-refractivity contribution in [1.82, 2.24) is 10.2 Å². The van der Waals surface area contributed by atoms with E-state index in [2.05, 4.69) is 5.32 Å². The van der Waals surface area contributed by atoms with Crippen molar-refractivity contribution in [3.05, 3.63) is 29.8 Å². The van der Waals surface area contributed by atoms with Crippen molar-refractivity contribution in [2.24, 2.45) is 11.3 Å². The van der Waals surface area contributed by atoms with Gasteiger partial charge in [0.05, 0.1) is 12.0 Å². The lowest BCUT2D eigenvalue weighted by Crippen LogP contribution is -2.41. The van der Waals surface area contributed by atoms with Crippen LogP contribution in [0.25, 0.3) is 0 Å². The number of fused-ring (bicyclic) bond motifs is 1. The smallest absolute Gasteiger partial charge is 0.317 e. The summed E-state index contributed by atoms with van der Waals surface area (Å²) in [5.74, 6) is 0.105. The summed E-state index contributed by atoms with van der Waals surface area (Å²) < 4.78 is 10.6. The molecule has 2 N–H and O–H groups in total. The summed E-state index contributed by atoms with van der Waals surface area (Å²) in [6.07, 6.45) is 3.33. The van der Waals surface area contributed by atoms with Crippen molar-refractivity contribution in [1.29, 1.82) is 0 Å². The number of carboxylic acids is 1. The number of hydrogen-bond donors (Lipinski definition) is 2.